The molecule has 0 saturated carbocycles. The average Bonchev–Trinajstić information content (AvgIpc) is 2.76. The molecule has 0 radical (unpaired) electrons. The zero-order valence-corrected chi connectivity index (χ0v) is 11.2. The minimum atomic E-state index is 0.236. The van der Waals surface area contributed by atoms with Crippen LogP contribution in [0.1, 0.15) is 43.9 Å². The van der Waals surface area contributed by atoms with E-state index >= 15 is 0 Å². The Labute approximate surface area is 104 Å². The highest BCUT2D eigenvalue weighted by Gasteiger charge is 2.22. The molecule has 1 heterocycles. The van der Waals surface area contributed by atoms with Gasteiger partial charge in [0.05, 0.1) is 13.2 Å². The first-order chi connectivity index (χ1) is 8.13. The highest BCUT2D eigenvalue weighted by Crippen LogP contribution is 2.30. The van der Waals surface area contributed by atoms with Gasteiger partial charge in [0.2, 0.25) is 0 Å². The van der Waals surface area contributed by atoms with Gasteiger partial charge in [0.25, 0.3) is 0 Å². The highest BCUT2D eigenvalue weighted by molar-refractivity contribution is 5.36. The third kappa shape index (κ3) is 2.88. The average molecular weight is 233 g/mol. The molecule has 0 amide bonds. The van der Waals surface area contributed by atoms with Gasteiger partial charge in [0, 0.05) is 0 Å². The second-order valence-corrected chi connectivity index (χ2v) is 5.46. The number of hydrogen-bond acceptors (Lipinski definition) is 2. The topological polar surface area (TPSA) is 21.3 Å². The summed E-state index contributed by atoms with van der Waals surface area (Å²) in [5.41, 5.74) is 4.40. The lowest BCUT2D eigenvalue weighted by atomic mass is 9.80. The first-order valence-corrected chi connectivity index (χ1v) is 6.54. The van der Waals surface area contributed by atoms with Crippen LogP contribution in [0.15, 0.2) is 18.2 Å². The Morgan fingerprint density at radius 2 is 2.00 bits per heavy atom. The van der Waals surface area contributed by atoms with E-state index in [0.29, 0.717) is 0 Å². The molecular formula is C15H23NO. The standard InChI is InChI=1S/C15H23NO/c1-4-16-8-7-15(2,3)14-6-5-12-10-17-11-13(12)9-14/h5-6,9,16H,4,7-8,10-11H2,1-3H3. The highest BCUT2D eigenvalue weighted by atomic mass is 16.5. The second kappa shape index (κ2) is 5.19. The van der Waals surface area contributed by atoms with E-state index in [4.69, 9.17) is 4.74 Å². The summed E-state index contributed by atoms with van der Waals surface area (Å²) in [4.78, 5) is 0. The number of hydrogen-bond donors (Lipinski definition) is 1. The van der Waals surface area contributed by atoms with Gasteiger partial charge in [-0.1, -0.05) is 39.0 Å². The molecule has 17 heavy (non-hydrogen) atoms. The molecule has 0 aromatic heterocycles. The van der Waals surface area contributed by atoms with Crippen LogP contribution in [0, 0.1) is 0 Å². The Balaban J connectivity index is 2.10. The van der Waals surface area contributed by atoms with Crippen molar-refractivity contribution < 1.29 is 4.74 Å². The van der Waals surface area contributed by atoms with Crippen molar-refractivity contribution in [2.24, 2.45) is 0 Å². The van der Waals surface area contributed by atoms with Gasteiger partial charge in [-0.3, -0.25) is 0 Å². The predicted octanol–water partition coefficient (Wildman–Crippen LogP) is 2.99. The van der Waals surface area contributed by atoms with E-state index in [1.807, 2.05) is 0 Å². The summed E-state index contributed by atoms with van der Waals surface area (Å²) in [5.74, 6) is 0. The van der Waals surface area contributed by atoms with E-state index in [9.17, 15) is 0 Å². The maximum Gasteiger partial charge on any atom is 0.0725 e. The van der Waals surface area contributed by atoms with Crippen LogP contribution in [0.4, 0.5) is 0 Å². The summed E-state index contributed by atoms with van der Waals surface area (Å²) in [7, 11) is 0. The van der Waals surface area contributed by atoms with E-state index in [1.54, 1.807) is 0 Å². The third-order valence-corrected chi connectivity index (χ3v) is 3.68. The molecule has 2 nitrogen and oxygen atoms in total. The van der Waals surface area contributed by atoms with Gasteiger partial charge in [-0.05, 0) is 41.6 Å². The predicted molar refractivity (Wildman–Crippen MR) is 71.1 cm³/mol. The fourth-order valence-electron chi connectivity index (χ4n) is 2.32. The molecular weight excluding hydrogens is 210 g/mol. The number of nitrogens with one attached hydrogen (secondary N) is 1. The number of rotatable bonds is 5. The molecule has 0 saturated heterocycles. The first-order valence-electron chi connectivity index (χ1n) is 6.54. The monoisotopic (exact) mass is 233 g/mol. The van der Waals surface area contributed by atoms with Gasteiger partial charge in [-0.25, -0.2) is 0 Å². The molecule has 0 fully saturated rings. The van der Waals surface area contributed by atoms with Gasteiger partial charge in [0.15, 0.2) is 0 Å². The normalized spacial score (nSPS) is 15.0. The van der Waals surface area contributed by atoms with Crippen LogP contribution in [0.2, 0.25) is 0 Å². The lowest BCUT2D eigenvalue weighted by molar-refractivity contribution is 0.134. The smallest absolute Gasteiger partial charge is 0.0725 e. The van der Waals surface area contributed by atoms with Crippen LogP contribution in [0.5, 0.6) is 0 Å². The van der Waals surface area contributed by atoms with Crippen molar-refractivity contribution in [2.75, 3.05) is 13.1 Å². The molecule has 1 aliphatic heterocycles. The van der Waals surface area contributed by atoms with Crippen LogP contribution >= 0.6 is 0 Å². The summed E-state index contributed by atoms with van der Waals surface area (Å²) < 4.78 is 5.47. The van der Waals surface area contributed by atoms with Crippen molar-refractivity contribution in [3.63, 3.8) is 0 Å². The van der Waals surface area contributed by atoms with Crippen molar-refractivity contribution in [2.45, 2.75) is 45.8 Å². The summed E-state index contributed by atoms with van der Waals surface area (Å²) in [6, 6.07) is 6.82. The minimum absolute atomic E-state index is 0.236. The van der Waals surface area contributed by atoms with Gasteiger partial charge in [0.1, 0.15) is 0 Å². The molecule has 2 heteroatoms. The second-order valence-electron chi connectivity index (χ2n) is 5.46. The molecule has 1 N–H and O–H groups in total. The Morgan fingerprint density at radius 3 is 2.76 bits per heavy atom. The van der Waals surface area contributed by atoms with Crippen LogP contribution in [0.3, 0.4) is 0 Å². The van der Waals surface area contributed by atoms with Gasteiger partial charge >= 0.3 is 0 Å². The van der Waals surface area contributed by atoms with Crippen molar-refractivity contribution in [1.82, 2.24) is 5.32 Å². The molecule has 0 unspecified atom stereocenters. The lowest BCUT2D eigenvalue weighted by Gasteiger charge is -2.26. The van der Waals surface area contributed by atoms with E-state index in [-0.39, 0.29) is 5.41 Å². The van der Waals surface area contributed by atoms with Crippen LogP contribution in [-0.4, -0.2) is 13.1 Å². The summed E-state index contributed by atoms with van der Waals surface area (Å²) in [6.45, 7) is 10.5. The summed E-state index contributed by atoms with van der Waals surface area (Å²) in [6.07, 6.45) is 1.17. The van der Waals surface area contributed by atoms with Gasteiger partial charge < -0.3 is 10.1 Å². The molecule has 0 aliphatic carbocycles. The van der Waals surface area contributed by atoms with Crippen molar-refractivity contribution in [3.8, 4) is 0 Å². The molecule has 1 aromatic carbocycles. The van der Waals surface area contributed by atoms with E-state index in [1.165, 1.54) is 23.1 Å². The molecule has 0 atom stereocenters. The molecule has 0 bridgehead atoms. The van der Waals surface area contributed by atoms with Crippen molar-refractivity contribution >= 4 is 0 Å². The van der Waals surface area contributed by atoms with Crippen LogP contribution < -0.4 is 5.32 Å². The summed E-state index contributed by atoms with van der Waals surface area (Å²) >= 11 is 0. The van der Waals surface area contributed by atoms with Gasteiger partial charge in [-0.2, -0.15) is 0 Å². The van der Waals surface area contributed by atoms with Crippen molar-refractivity contribution in [1.29, 1.82) is 0 Å². The first kappa shape index (κ1) is 12.6. The molecule has 2 rings (SSSR count). The van der Waals surface area contributed by atoms with E-state index < -0.39 is 0 Å². The Morgan fingerprint density at radius 1 is 1.24 bits per heavy atom. The molecule has 94 valence electrons. The lowest BCUT2D eigenvalue weighted by Crippen LogP contribution is -2.25. The van der Waals surface area contributed by atoms with Crippen LogP contribution in [-0.2, 0) is 23.4 Å². The Hall–Kier alpha value is -0.860. The van der Waals surface area contributed by atoms with Crippen LogP contribution in [0.25, 0.3) is 0 Å². The number of benzene rings is 1. The number of ether oxygens (including phenoxy) is 1. The van der Waals surface area contributed by atoms with Crippen molar-refractivity contribution in [3.05, 3.63) is 34.9 Å². The fraction of sp³-hybridized carbons (Fsp3) is 0.600. The fourth-order valence-corrected chi connectivity index (χ4v) is 2.32. The Bertz CT molecular complexity index is 385. The summed E-state index contributed by atoms with van der Waals surface area (Å²) in [5, 5.41) is 3.40. The zero-order valence-electron chi connectivity index (χ0n) is 11.2. The van der Waals surface area contributed by atoms with E-state index in [0.717, 1.165) is 26.3 Å². The SMILES string of the molecule is CCNCCC(C)(C)c1ccc2c(c1)COC2. The largest absolute Gasteiger partial charge is 0.372 e. The molecule has 1 aromatic rings. The number of fused-ring (bicyclic) bond motifs is 1. The minimum Gasteiger partial charge on any atom is -0.372 e. The quantitative estimate of drug-likeness (QED) is 0.789. The molecule has 1 aliphatic rings. The zero-order chi connectivity index (χ0) is 12.3. The maximum atomic E-state index is 5.47. The maximum absolute atomic E-state index is 5.47. The Kier molecular flexibility index (Phi) is 3.85. The van der Waals surface area contributed by atoms with Gasteiger partial charge in [-0.15, -0.1) is 0 Å². The molecule has 0 spiro atoms. The third-order valence-electron chi connectivity index (χ3n) is 3.68. The van der Waals surface area contributed by atoms with E-state index in [2.05, 4.69) is 44.3 Å².